The minimum absolute atomic E-state index is 0. The molecule has 1 rings (SSSR count). The van der Waals surface area contributed by atoms with Crippen molar-refractivity contribution in [1.82, 2.24) is 4.31 Å². The third-order valence-corrected chi connectivity index (χ3v) is 4.73. The number of amides is 1. The van der Waals surface area contributed by atoms with Crippen LogP contribution >= 0.6 is 12.4 Å². The molecular formula is C11H18ClN3O3S. The van der Waals surface area contributed by atoms with Gasteiger partial charge in [0.25, 0.3) is 0 Å². The van der Waals surface area contributed by atoms with Gasteiger partial charge < -0.3 is 11.5 Å². The predicted octanol–water partition coefficient (Wildman–Crippen LogP) is 0.175. The first kappa shape index (κ1) is 17.8. The van der Waals surface area contributed by atoms with Gasteiger partial charge in [-0.3, -0.25) is 4.79 Å². The molecule has 0 aliphatic rings. The van der Waals surface area contributed by atoms with Crippen LogP contribution in [0.5, 0.6) is 0 Å². The van der Waals surface area contributed by atoms with Gasteiger partial charge in [0, 0.05) is 25.2 Å². The number of hydrogen-bond donors (Lipinski definition) is 2. The summed E-state index contributed by atoms with van der Waals surface area (Å²) in [6.45, 7) is 1.92. The van der Waals surface area contributed by atoms with Crippen molar-refractivity contribution in [2.24, 2.45) is 11.5 Å². The molecule has 0 fully saturated rings. The Morgan fingerprint density at radius 1 is 1.42 bits per heavy atom. The number of rotatable bonds is 5. The van der Waals surface area contributed by atoms with Gasteiger partial charge in [-0.15, -0.1) is 12.4 Å². The summed E-state index contributed by atoms with van der Waals surface area (Å²) < 4.78 is 25.6. The predicted molar refractivity (Wildman–Crippen MR) is 75.7 cm³/mol. The molecule has 19 heavy (non-hydrogen) atoms. The standard InChI is InChI=1S/C11H17N3O3S.ClH/c1-8(7-12)14(2)18(16,17)10-5-3-4-9(6-10)11(13)15;/h3-6,8H,7,12H2,1-2H3,(H2,13,15);1H. The number of benzene rings is 1. The van der Waals surface area contributed by atoms with Crippen LogP contribution in [-0.4, -0.2) is 38.3 Å². The Morgan fingerprint density at radius 3 is 2.47 bits per heavy atom. The normalized spacial score (nSPS) is 12.8. The van der Waals surface area contributed by atoms with Crippen molar-refractivity contribution in [2.75, 3.05) is 13.6 Å². The van der Waals surface area contributed by atoms with Gasteiger partial charge in [0.1, 0.15) is 0 Å². The highest BCUT2D eigenvalue weighted by Crippen LogP contribution is 2.17. The molecule has 1 unspecified atom stereocenters. The zero-order valence-corrected chi connectivity index (χ0v) is 12.4. The van der Waals surface area contributed by atoms with Crippen LogP contribution in [0.15, 0.2) is 29.2 Å². The summed E-state index contributed by atoms with van der Waals surface area (Å²) in [6.07, 6.45) is 0. The van der Waals surface area contributed by atoms with E-state index in [1.165, 1.54) is 35.6 Å². The van der Waals surface area contributed by atoms with E-state index < -0.39 is 15.9 Å². The molecule has 0 aliphatic carbocycles. The van der Waals surface area contributed by atoms with E-state index in [9.17, 15) is 13.2 Å². The quantitative estimate of drug-likeness (QED) is 0.809. The largest absolute Gasteiger partial charge is 0.366 e. The minimum Gasteiger partial charge on any atom is -0.366 e. The summed E-state index contributed by atoms with van der Waals surface area (Å²) in [4.78, 5) is 11.1. The molecule has 0 bridgehead atoms. The Balaban J connectivity index is 0.00000324. The molecule has 0 aliphatic heterocycles. The molecule has 0 spiro atoms. The number of likely N-dealkylation sites (N-methyl/N-ethyl adjacent to an activating group) is 1. The fourth-order valence-electron chi connectivity index (χ4n) is 1.36. The summed E-state index contributed by atoms with van der Waals surface area (Å²) in [5.41, 5.74) is 10.7. The highest BCUT2D eigenvalue weighted by molar-refractivity contribution is 7.89. The molecule has 1 amide bonds. The molecule has 0 saturated carbocycles. The van der Waals surface area contributed by atoms with Gasteiger partial charge in [-0.25, -0.2) is 8.42 Å². The van der Waals surface area contributed by atoms with E-state index in [2.05, 4.69) is 0 Å². The third-order valence-electron chi connectivity index (χ3n) is 2.76. The van der Waals surface area contributed by atoms with E-state index in [0.29, 0.717) is 0 Å². The first-order valence-corrected chi connectivity index (χ1v) is 6.82. The molecule has 0 heterocycles. The molecule has 8 heteroatoms. The third kappa shape index (κ3) is 3.90. The topological polar surface area (TPSA) is 106 Å². The summed E-state index contributed by atoms with van der Waals surface area (Å²) in [7, 11) is -2.21. The molecule has 4 N–H and O–H groups in total. The zero-order valence-electron chi connectivity index (χ0n) is 10.7. The maximum absolute atomic E-state index is 12.2. The van der Waals surface area contributed by atoms with Crippen molar-refractivity contribution in [3.63, 3.8) is 0 Å². The van der Waals surface area contributed by atoms with Gasteiger partial charge >= 0.3 is 0 Å². The van der Waals surface area contributed by atoms with Crippen molar-refractivity contribution < 1.29 is 13.2 Å². The summed E-state index contributed by atoms with van der Waals surface area (Å²) >= 11 is 0. The van der Waals surface area contributed by atoms with Crippen molar-refractivity contribution in [2.45, 2.75) is 17.9 Å². The lowest BCUT2D eigenvalue weighted by Crippen LogP contribution is -2.39. The Kier molecular flexibility index (Phi) is 6.44. The SMILES string of the molecule is CC(CN)N(C)S(=O)(=O)c1cccc(C(N)=O)c1.Cl. The Morgan fingerprint density at radius 2 is 2.00 bits per heavy atom. The lowest BCUT2D eigenvalue weighted by molar-refractivity contribution is 0.1000. The lowest BCUT2D eigenvalue weighted by atomic mass is 10.2. The van der Waals surface area contributed by atoms with Gasteiger partial charge in [0.15, 0.2) is 0 Å². The average Bonchev–Trinajstić information content (AvgIpc) is 2.36. The van der Waals surface area contributed by atoms with Crippen LogP contribution in [0.3, 0.4) is 0 Å². The summed E-state index contributed by atoms with van der Waals surface area (Å²) in [5, 5.41) is 0. The highest BCUT2D eigenvalue weighted by atomic mass is 35.5. The van der Waals surface area contributed by atoms with E-state index in [1.54, 1.807) is 6.92 Å². The highest BCUT2D eigenvalue weighted by Gasteiger charge is 2.25. The molecule has 108 valence electrons. The van der Waals surface area contributed by atoms with E-state index in [4.69, 9.17) is 11.5 Å². The molecule has 0 radical (unpaired) electrons. The number of primary amides is 1. The average molecular weight is 308 g/mol. The molecule has 1 aromatic rings. The number of sulfonamides is 1. The molecule has 1 aromatic carbocycles. The maximum atomic E-state index is 12.2. The van der Waals surface area contributed by atoms with Crippen LogP contribution in [0.4, 0.5) is 0 Å². The van der Waals surface area contributed by atoms with Gasteiger partial charge in [-0.05, 0) is 25.1 Å². The number of nitrogens with two attached hydrogens (primary N) is 2. The van der Waals surface area contributed by atoms with Crippen molar-refractivity contribution in [3.05, 3.63) is 29.8 Å². The van der Waals surface area contributed by atoms with Crippen LogP contribution in [0.2, 0.25) is 0 Å². The fourth-order valence-corrected chi connectivity index (χ4v) is 2.78. The smallest absolute Gasteiger partial charge is 0.248 e. The molecule has 1 atom stereocenters. The number of carbonyl (C=O) groups is 1. The van der Waals surface area contributed by atoms with Crippen molar-refractivity contribution in [1.29, 1.82) is 0 Å². The second-order valence-corrected chi connectivity index (χ2v) is 6.00. The number of carbonyl (C=O) groups excluding carboxylic acids is 1. The molecule has 6 nitrogen and oxygen atoms in total. The van der Waals surface area contributed by atoms with Gasteiger partial charge in [0.2, 0.25) is 15.9 Å². The Bertz CT molecular complexity index is 548. The number of halogens is 1. The Labute approximate surface area is 119 Å². The number of nitrogens with zero attached hydrogens (tertiary/aromatic N) is 1. The first-order chi connectivity index (χ1) is 8.30. The van der Waals surface area contributed by atoms with Crippen LogP contribution in [-0.2, 0) is 10.0 Å². The van der Waals surface area contributed by atoms with E-state index in [0.717, 1.165) is 0 Å². The molecule has 0 saturated heterocycles. The van der Waals surface area contributed by atoms with Gasteiger partial charge in [-0.1, -0.05) is 6.07 Å². The van der Waals surface area contributed by atoms with Gasteiger partial charge in [-0.2, -0.15) is 4.31 Å². The Hall–Kier alpha value is -1.15. The maximum Gasteiger partial charge on any atom is 0.248 e. The van der Waals surface area contributed by atoms with E-state index in [-0.39, 0.29) is 35.5 Å². The minimum atomic E-state index is -3.66. The summed E-state index contributed by atoms with van der Waals surface area (Å²) in [6, 6.07) is 5.30. The first-order valence-electron chi connectivity index (χ1n) is 5.38. The molecule has 0 aromatic heterocycles. The van der Waals surface area contributed by atoms with Crippen LogP contribution in [0, 0.1) is 0 Å². The van der Waals surface area contributed by atoms with E-state index in [1.807, 2.05) is 0 Å². The second kappa shape index (κ2) is 6.85. The van der Waals surface area contributed by atoms with Crippen LogP contribution in [0.25, 0.3) is 0 Å². The second-order valence-electron chi connectivity index (χ2n) is 4.00. The summed E-state index contributed by atoms with van der Waals surface area (Å²) in [5.74, 6) is -0.665. The number of hydrogen-bond acceptors (Lipinski definition) is 4. The van der Waals surface area contributed by atoms with E-state index >= 15 is 0 Å². The molecular weight excluding hydrogens is 290 g/mol. The monoisotopic (exact) mass is 307 g/mol. The van der Waals surface area contributed by atoms with Crippen LogP contribution < -0.4 is 11.5 Å². The van der Waals surface area contributed by atoms with Gasteiger partial charge in [0.05, 0.1) is 4.90 Å². The van der Waals surface area contributed by atoms with Crippen molar-refractivity contribution in [3.8, 4) is 0 Å². The van der Waals surface area contributed by atoms with Crippen LogP contribution in [0.1, 0.15) is 17.3 Å². The zero-order chi connectivity index (χ0) is 13.9. The van der Waals surface area contributed by atoms with Crippen molar-refractivity contribution >= 4 is 28.3 Å². The lowest BCUT2D eigenvalue weighted by Gasteiger charge is -2.23. The fraction of sp³-hybridized carbons (Fsp3) is 0.364.